The summed E-state index contributed by atoms with van der Waals surface area (Å²) in [5.74, 6) is 0. The number of hydrogen-bond donors (Lipinski definition) is 0. The summed E-state index contributed by atoms with van der Waals surface area (Å²) in [4.78, 5) is 10.9. The minimum Gasteiger partial charge on any atom is -0.302 e. The number of rotatable bonds is 3. The van der Waals surface area contributed by atoms with Gasteiger partial charge in [0, 0.05) is 6.04 Å². The van der Waals surface area contributed by atoms with E-state index in [0.29, 0.717) is 6.29 Å². The van der Waals surface area contributed by atoms with Gasteiger partial charge in [0.05, 0.1) is 10.9 Å². The average Bonchev–Trinajstić information content (AvgIpc) is 2.90. The molecule has 0 aliphatic carbocycles. The lowest BCUT2D eigenvalue weighted by Crippen LogP contribution is -2.15. The molecule has 0 bridgehead atoms. The molecule has 0 aromatic heterocycles. The molecule has 0 spiro atoms. The largest absolute Gasteiger partial charge is 0.302 e. The van der Waals surface area contributed by atoms with Crippen LogP contribution in [-0.4, -0.2) is 31.1 Å². The third kappa shape index (κ3) is 1.66. The Balaban J connectivity index is 2.34. The van der Waals surface area contributed by atoms with Crippen molar-refractivity contribution in [3.8, 4) is 0 Å². The van der Waals surface area contributed by atoms with Gasteiger partial charge in [-0.15, -0.1) is 0 Å². The summed E-state index contributed by atoms with van der Waals surface area (Å²) >= 11 is 0. The Bertz CT molecular complexity index is 507. The summed E-state index contributed by atoms with van der Waals surface area (Å²) in [7, 11) is -3.49. The Morgan fingerprint density at radius 2 is 1.81 bits per heavy atom. The van der Waals surface area contributed by atoms with Crippen molar-refractivity contribution < 1.29 is 13.2 Å². The topological polar surface area (TPSA) is 54.2 Å². The maximum atomic E-state index is 12.1. The molecule has 4 nitrogen and oxygen atoms in total. The Labute approximate surface area is 94.9 Å². The highest BCUT2D eigenvalue weighted by Crippen LogP contribution is 2.34. The Hall–Kier alpha value is -1.20. The van der Waals surface area contributed by atoms with Gasteiger partial charge in [-0.3, -0.25) is 0 Å². The molecule has 1 heterocycles. The van der Waals surface area contributed by atoms with Gasteiger partial charge in [0.1, 0.15) is 6.29 Å². The van der Waals surface area contributed by atoms with Crippen molar-refractivity contribution in [1.29, 1.82) is 0 Å². The minimum atomic E-state index is -3.49. The van der Waals surface area contributed by atoms with E-state index < -0.39 is 16.1 Å². The standard InChI is InChI=1S/C11H13NO3S/c1-8-3-5-10(6-4-8)16(14,15)12-9(2)11(12)7-13/h3-7,9,11H,1-2H3/t9-,11+,12?/m0/s1. The highest BCUT2D eigenvalue weighted by Gasteiger charge is 2.52. The van der Waals surface area contributed by atoms with Crippen LogP contribution in [0.1, 0.15) is 12.5 Å². The number of carbonyl (C=O) groups excluding carboxylic acids is 1. The number of aryl methyl sites for hydroxylation is 1. The zero-order chi connectivity index (χ0) is 11.9. The van der Waals surface area contributed by atoms with Crippen LogP contribution in [0.15, 0.2) is 29.2 Å². The van der Waals surface area contributed by atoms with Gasteiger partial charge < -0.3 is 4.79 Å². The molecule has 5 heteroatoms. The third-order valence-corrected chi connectivity index (χ3v) is 4.83. The van der Waals surface area contributed by atoms with Crippen LogP contribution in [0.4, 0.5) is 0 Å². The average molecular weight is 239 g/mol. The van der Waals surface area contributed by atoms with Crippen molar-refractivity contribution in [3.63, 3.8) is 0 Å². The van der Waals surface area contributed by atoms with Crippen LogP contribution in [0, 0.1) is 6.92 Å². The molecular formula is C11H13NO3S. The molecule has 1 aliphatic rings. The summed E-state index contributed by atoms with van der Waals surface area (Å²) in [6.45, 7) is 3.62. The van der Waals surface area contributed by atoms with Crippen LogP contribution < -0.4 is 0 Å². The first-order valence-corrected chi connectivity index (χ1v) is 6.48. The highest BCUT2D eigenvalue weighted by atomic mass is 32.2. The highest BCUT2D eigenvalue weighted by molar-refractivity contribution is 7.89. The lowest BCUT2D eigenvalue weighted by molar-refractivity contribution is -0.107. The molecule has 1 fully saturated rings. The van der Waals surface area contributed by atoms with Crippen molar-refractivity contribution in [2.75, 3.05) is 0 Å². The molecular weight excluding hydrogens is 226 g/mol. The number of aldehydes is 1. The number of carbonyl (C=O) groups is 1. The summed E-state index contributed by atoms with van der Waals surface area (Å²) in [5.41, 5.74) is 1.00. The first-order valence-electron chi connectivity index (χ1n) is 5.04. The molecule has 0 saturated carbocycles. The van der Waals surface area contributed by atoms with Crippen LogP contribution in [0.25, 0.3) is 0 Å². The molecule has 0 radical (unpaired) electrons. The number of benzene rings is 1. The zero-order valence-corrected chi connectivity index (χ0v) is 9.94. The van der Waals surface area contributed by atoms with E-state index >= 15 is 0 Å². The summed E-state index contributed by atoms with van der Waals surface area (Å²) in [5, 5.41) is 0. The van der Waals surface area contributed by atoms with Crippen LogP contribution in [-0.2, 0) is 14.8 Å². The molecule has 0 amide bonds. The van der Waals surface area contributed by atoms with Crippen molar-refractivity contribution in [3.05, 3.63) is 29.8 Å². The molecule has 86 valence electrons. The maximum Gasteiger partial charge on any atom is 0.244 e. The second kappa shape index (κ2) is 3.68. The van der Waals surface area contributed by atoms with E-state index in [1.54, 1.807) is 31.2 Å². The first-order chi connectivity index (χ1) is 7.48. The van der Waals surface area contributed by atoms with E-state index in [1.807, 2.05) is 6.92 Å². The SMILES string of the molecule is Cc1ccc(S(=O)(=O)N2[C@H](C=O)[C@@H]2C)cc1. The molecule has 16 heavy (non-hydrogen) atoms. The van der Waals surface area contributed by atoms with Crippen LogP contribution in [0.2, 0.25) is 0 Å². The second-order valence-corrected chi connectivity index (χ2v) is 5.86. The monoisotopic (exact) mass is 239 g/mol. The smallest absolute Gasteiger partial charge is 0.244 e. The minimum absolute atomic E-state index is 0.219. The predicted octanol–water partition coefficient (Wildman–Crippen LogP) is 0.955. The third-order valence-electron chi connectivity index (χ3n) is 2.84. The maximum absolute atomic E-state index is 12.1. The lowest BCUT2D eigenvalue weighted by atomic mass is 10.2. The Kier molecular flexibility index (Phi) is 2.59. The summed E-state index contributed by atoms with van der Waals surface area (Å²) < 4.78 is 25.3. The van der Waals surface area contributed by atoms with Gasteiger partial charge in [-0.2, -0.15) is 4.31 Å². The lowest BCUT2D eigenvalue weighted by Gasteiger charge is -2.05. The molecule has 1 unspecified atom stereocenters. The Morgan fingerprint density at radius 3 is 2.25 bits per heavy atom. The van der Waals surface area contributed by atoms with E-state index in [2.05, 4.69) is 0 Å². The van der Waals surface area contributed by atoms with Gasteiger partial charge in [0.2, 0.25) is 10.0 Å². The number of sulfonamides is 1. The molecule has 3 atom stereocenters. The van der Waals surface area contributed by atoms with Gasteiger partial charge in [0.15, 0.2) is 0 Å². The summed E-state index contributed by atoms with van der Waals surface area (Å²) in [6.07, 6.45) is 0.677. The molecule has 2 rings (SSSR count). The predicted molar refractivity (Wildman–Crippen MR) is 59.5 cm³/mol. The van der Waals surface area contributed by atoms with Crippen molar-refractivity contribution in [2.24, 2.45) is 0 Å². The van der Waals surface area contributed by atoms with E-state index in [-0.39, 0.29) is 10.9 Å². The van der Waals surface area contributed by atoms with Gasteiger partial charge in [0.25, 0.3) is 0 Å². The molecule has 1 aromatic rings. The van der Waals surface area contributed by atoms with Crippen LogP contribution in [0.5, 0.6) is 0 Å². The van der Waals surface area contributed by atoms with E-state index in [4.69, 9.17) is 0 Å². The molecule has 0 N–H and O–H groups in total. The van der Waals surface area contributed by atoms with Crippen LogP contribution >= 0.6 is 0 Å². The first kappa shape index (κ1) is 11.3. The summed E-state index contributed by atoms with van der Waals surface area (Å²) in [6, 6.07) is 5.92. The van der Waals surface area contributed by atoms with E-state index in [0.717, 1.165) is 5.56 Å². The van der Waals surface area contributed by atoms with Gasteiger partial charge in [-0.25, -0.2) is 8.42 Å². The van der Waals surface area contributed by atoms with Gasteiger partial charge >= 0.3 is 0 Å². The number of nitrogens with zero attached hydrogens (tertiary/aromatic N) is 1. The van der Waals surface area contributed by atoms with Gasteiger partial charge in [-0.1, -0.05) is 17.7 Å². The number of hydrogen-bond acceptors (Lipinski definition) is 3. The molecule has 1 aromatic carbocycles. The quantitative estimate of drug-likeness (QED) is 0.583. The van der Waals surface area contributed by atoms with Crippen molar-refractivity contribution >= 4 is 16.3 Å². The van der Waals surface area contributed by atoms with Gasteiger partial charge in [-0.05, 0) is 26.0 Å². The normalized spacial score (nSPS) is 28.8. The van der Waals surface area contributed by atoms with Crippen molar-refractivity contribution in [2.45, 2.75) is 30.8 Å². The fourth-order valence-electron chi connectivity index (χ4n) is 1.73. The molecule has 1 aliphatic heterocycles. The fourth-order valence-corrected chi connectivity index (χ4v) is 3.51. The van der Waals surface area contributed by atoms with Crippen LogP contribution in [0.3, 0.4) is 0 Å². The molecule has 1 saturated heterocycles. The zero-order valence-electron chi connectivity index (χ0n) is 9.12. The van der Waals surface area contributed by atoms with E-state index in [9.17, 15) is 13.2 Å². The fraction of sp³-hybridized carbons (Fsp3) is 0.364. The Morgan fingerprint density at radius 1 is 1.25 bits per heavy atom. The van der Waals surface area contributed by atoms with Crippen molar-refractivity contribution in [1.82, 2.24) is 4.31 Å². The van der Waals surface area contributed by atoms with E-state index in [1.165, 1.54) is 4.31 Å². The second-order valence-electron chi connectivity index (χ2n) is 4.02.